The molecule has 3 aromatic rings. The zero-order valence-electron chi connectivity index (χ0n) is 23.2. The van der Waals surface area contributed by atoms with Crippen LogP contribution >= 0.6 is 0 Å². The molecule has 0 spiro atoms. The molecule has 10 nitrogen and oxygen atoms in total. The number of amides is 2. The predicted octanol–water partition coefficient (Wildman–Crippen LogP) is 2.66. The summed E-state index contributed by atoms with van der Waals surface area (Å²) in [5, 5.41) is 13.6. The van der Waals surface area contributed by atoms with Crippen molar-refractivity contribution in [1.29, 1.82) is 5.41 Å². The maximum absolute atomic E-state index is 13.2. The number of benzene rings is 3. The van der Waals surface area contributed by atoms with E-state index in [-0.39, 0.29) is 30.9 Å². The minimum atomic E-state index is -0.776. The SMILES string of the molecule is CCOC(=O)[C@H](C)NC(=O)[C@H](Cc1ccccc1)NCc1ccc2c(c1)OCC(=O)N2Cc1ccc(C(=N)N)cc1. The maximum Gasteiger partial charge on any atom is 0.328 e. The Morgan fingerprint density at radius 1 is 1.05 bits per heavy atom. The number of carbonyl (C=O) groups excluding carboxylic acids is 3. The molecule has 5 N–H and O–H groups in total. The molecular formula is C31H35N5O5. The minimum absolute atomic E-state index is 0.0116. The monoisotopic (exact) mass is 557 g/mol. The van der Waals surface area contributed by atoms with Crippen molar-refractivity contribution in [2.24, 2.45) is 5.73 Å². The first-order chi connectivity index (χ1) is 19.7. The highest BCUT2D eigenvalue weighted by molar-refractivity contribution is 5.98. The van der Waals surface area contributed by atoms with E-state index >= 15 is 0 Å². The van der Waals surface area contributed by atoms with Gasteiger partial charge in [0.1, 0.15) is 17.6 Å². The molecule has 0 aliphatic carbocycles. The average molecular weight is 558 g/mol. The highest BCUT2D eigenvalue weighted by atomic mass is 16.5. The molecule has 0 bridgehead atoms. The van der Waals surface area contributed by atoms with E-state index in [1.165, 1.54) is 0 Å². The summed E-state index contributed by atoms with van der Waals surface area (Å²) in [5.74, 6) is -0.391. The van der Waals surface area contributed by atoms with Crippen LogP contribution in [0.25, 0.3) is 0 Å². The fraction of sp³-hybridized carbons (Fsp3) is 0.290. The Balaban J connectivity index is 1.47. The molecule has 0 aromatic heterocycles. The van der Waals surface area contributed by atoms with Crippen molar-refractivity contribution >= 4 is 29.3 Å². The number of esters is 1. The molecule has 1 aliphatic rings. The van der Waals surface area contributed by atoms with E-state index in [1.807, 2.05) is 60.7 Å². The van der Waals surface area contributed by atoms with Crippen LogP contribution in [0, 0.1) is 5.41 Å². The van der Waals surface area contributed by atoms with Crippen LogP contribution in [0.5, 0.6) is 5.75 Å². The summed E-state index contributed by atoms with van der Waals surface area (Å²) in [4.78, 5) is 39.6. The first kappa shape index (κ1) is 29.3. The van der Waals surface area contributed by atoms with Crippen LogP contribution in [0.4, 0.5) is 5.69 Å². The number of nitrogens with two attached hydrogens (primary N) is 1. The summed E-state index contributed by atoms with van der Waals surface area (Å²) in [6, 6.07) is 21.0. The van der Waals surface area contributed by atoms with Crippen molar-refractivity contribution in [2.75, 3.05) is 18.1 Å². The molecule has 0 unspecified atom stereocenters. The van der Waals surface area contributed by atoms with E-state index in [1.54, 1.807) is 30.9 Å². The van der Waals surface area contributed by atoms with Crippen LogP contribution in [0.15, 0.2) is 72.8 Å². The van der Waals surface area contributed by atoms with Gasteiger partial charge >= 0.3 is 5.97 Å². The third kappa shape index (κ3) is 7.70. The third-order valence-corrected chi connectivity index (χ3v) is 6.72. The second-order valence-corrected chi connectivity index (χ2v) is 9.79. The number of nitrogens with zero attached hydrogens (tertiary/aromatic N) is 1. The first-order valence-corrected chi connectivity index (χ1v) is 13.5. The van der Waals surface area contributed by atoms with Crippen LogP contribution in [-0.2, 0) is 38.6 Å². The summed E-state index contributed by atoms with van der Waals surface area (Å²) in [5.41, 5.74) is 9.56. The lowest BCUT2D eigenvalue weighted by atomic mass is 10.0. The zero-order chi connectivity index (χ0) is 29.4. The Labute approximate surface area is 239 Å². The van der Waals surface area contributed by atoms with Crippen molar-refractivity contribution in [3.8, 4) is 5.75 Å². The molecule has 214 valence electrons. The number of hydrogen-bond donors (Lipinski definition) is 4. The standard InChI is InChI=1S/C31H35N5O5/c1-3-40-31(39)20(2)35-30(38)25(15-21-7-5-4-6-8-21)34-17-23-11-14-26-27(16-23)41-19-28(37)36(26)18-22-9-12-24(13-10-22)29(32)33/h4-14,16,20,25,34H,3,15,17-19H2,1-2H3,(H3,32,33)(H,35,38)/t20-,25-/m0/s1. The Bertz CT molecular complexity index is 1390. The van der Waals surface area contributed by atoms with Gasteiger partial charge in [0.2, 0.25) is 5.91 Å². The summed E-state index contributed by atoms with van der Waals surface area (Å²) < 4.78 is 10.8. The van der Waals surface area contributed by atoms with Gasteiger partial charge in [0.05, 0.1) is 24.9 Å². The summed E-state index contributed by atoms with van der Waals surface area (Å²) >= 11 is 0. The van der Waals surface area contributed by atoms with E-state index in [9.17, 15) is 14.4 Å². The van der Waals surface area contributed by atoms with Gasteiger partial charge in [-0.2, -0.15) is 0 Å². The van der Waals surface area contributed by atoms with Crippen LogP contribution in [-0.4, -0.2) is 48.9 Å². The van der Waals surface area contributed by atoms with Crippen molar-refractivity contribution < 1.29 is 23.9 Å². The smallest absolute Gasteiger partial charge is 0.328 e. The lowest BCUT2D eigenvalue weighted by Gasteiger charge is -2.30. The molecule has 1 heterocycles. The molecule has 10 heteroatoms. The van der Waals surface area contributed by atoms with Gasteiger partial charge in [-0.05, 0) is 49.1 Å². The molecule has 0 saturated carbocycles. The van der Waals surface area contributed by atoms with E-state index in [0.717, 1.165) is 16.7 Å². The fourth-order valence-corrected chi connectivity index (χ4v) is 4.49. The van der Waals surface area contributed by atoms with E-state index in [2.05, 4.69) is 10.6 Å². The van der Waals surface area contributed by atoms with E-state index in [0.29, 0.717) is 36.5 Å². The topological polar surface area (TPSA) is 147 Å². The number of fused-ring (bicyclic) bond motifs is 1. The predicted molar refractivity (Wildman–Crippen MR) is 156 cm³/mol. The van der Waals surface area contributed by atoms with Gasteiger partial charge in [-0.1, -0.05) is 60.7 Å². The van der Waals surface area contributed by atoms with Gasteiger partial charge in [-0.25, -0.2) is 4.79 Å². The van der Waals surface area contributed by atoms with Crippen molar-refractivity contribution in [3.63, 3.8) is 0 Å². The second kappa shape index (κ2) is 13.6. The third-order valence-electron chi connectivity index (χ3n) is 6.72. The molecule has 0 fully saturated rings. The normalized spacial score (nSPS) is 13.9. The molecule has 41 heavy (non-hydrogen) atoms. The number of nitrogen functional groups attached to an aromatic ring is 1. The first-order valence-electron chi connectivity index (χ1n) is 13.5. The quantitative estimate of drug-likeness (QED) is 0.152. The molecule has 2 amide bonds. The van der Waals surface area contributed by atoms with Crippen molar-refractivity contribution in [3.05, 3.63) is 95.1 Å². The number of anilines is 1. The molecule has 0 radical (unpaired) electrons. The molecular weight excluding hydrogens is 522 g/mol. The van der Waals surface area contributed by atoms with Gasteiger partial charge < -0.3 is 30.7 Å². The Hall–Kier alpha value is -4.70. The van der Waals surface area contributed by atoms with E-state index < -0.39 is 18.1 Å². The Kier molecular flexibility index (Phi) is 9.70. The van der Waals surface area contributed by atoms with Gasteiger partial charge in [0.15, 0.2) is 6.61 Å². The lowest BCUT2D eigenvalue weighted by Crippen LogP contribution is -2.50. The van der Waals surface area contributed by atoms with Crippen molar-refractivity contribution in [2.45, 2.75) is 45.4 Å². The Morgan fingerprint density at radius 2 is 1.76 bits per heavy atom. The van der Waals surface area contributed by atoms with Gasteiger partial charge in [-0.3, -0.25) is 15.0 Å². The van der Waals surface area contributed by atoms with Gasteiger partial charge in [-0.15, -0.1) is 0 Å². The molecule has 2 atom stereocenters. The van der Waals surface area contributed by atoms with Crippen LogP contribution in [0.1, 0.15) is 36.1 Å². The van der Waals surface area contributed by atoms with Gasteiger partial charge in [0, 0.05) is 12.1 Å². The maximum atomic E-state index is 13.2. The molecule has 1 aliphatic heterocycles. The largest absolute Gasteiger partial charge is 0.482 e. The van der Waals surface area contributed by atoms with Crippen LogP contribution < -0.4 is 26.0 Å². The van der Waals surface area contributed by atoms with Crippen molar-refractivity contribution in [1.82, 2.24) is 10.6 Å². The van der Waals surface area contributed by atoms with Crippen LogP contribution in [0.2, 0.25) is 0 Å². The number of rotatable bonds is 12. The number of ether oxygens (including phenoxy) is 2. The number of hydrogen-bond acceptors (Lipinski definition) is 7. The lowest BCUT2D eigenvalue weighted by molar-refractivity contribution is -0.147. The second-order valence-electron chi connectivity index (χ2n) is 9.79. The van der Waals surface area contributed by atoms with E-state index in [4.69, 9.17) is 20.6 Å². The number of carbonyl (C=O) groups is 3. The highest BCUT2D eigenvalue weighted by Gasteiger charge is 2.27. The average Bonchev–Trinajstić information content (AvgIpc) is 2.97. The fourth-order valence-electron chi connectivity index (χ4n) is 4.49. The zero-order valence-corrected chi connectivity index (χ0v) is 23.2. The highest BCUT2D eigenvalue weighted by Crippen LogP contribution is 2.34. The molecule has 4 rings (SSSR count). The molecule has 0 saturated heterocycles. The number of nitrogens with one attached hydrogen (secondary N) is 3. The molecule has 3 aromatic carbocycles. The minimum Gasteiger partial charge on any atom is -0.482 e. The summed E-state index contributed by atoms with van der Waals surface area (Å²) in [6.07, 6.45) is 0.425. The summed E-state index contributed by atoms with van der Waals surface area (Å²) in [7, 11) is 0. The van der Waals surface area contributed by atoms with Crippen LogP contribution in [0.3, 0.4) is 0 Å². The summed E-state index contributed by atoms with van der Waals surface area (Å²) in [6.45, 7) is 4.18. The van der Waals surface area contributed by atoms with Gasteiger partial charge in [0.25, 0.3) is 5.91 Å². The Morgan fingerprint density at radius 3 is 2.44 bits per heavy atom. The number of amidine groups is 1.